The van der Waals surface area contributed by atoms with Crippen molar-refractivity contribution in [2.75, 3.05) is 11.4 Å². The molecule has 1 rings (SSSR count). The standard InChI is InChI=1S/C12H14BrF3N2O2/c1-11(2,3)20-10(19)18(7-12(14,15)16)9-5-4-8(13)6-17-9/h4-6H,7H2,1-3H3. The molecule has 0 saturated carbocycles. The number of hydrogen-bond acceptors (Lipinski definition) is 3. The van der Waals surface area contributed by atoms with Crippen molar-refractivity contribution in [3.8, 4) is 0 Å². The highest BCUT2D eigenvalue weighted by atomic mass is 79.9. The van der Waals surface area contributed by atoms with E-state index >= 15 is 0 Å². The van der Waals surface area contributed by atoms with Crippen LogP contribution in [0.2, 0.25) is 0 Å². The number of carbonyl (C=O) groups is 1. The number of carbonyl (C=O) groups excluding carboxylic acids is 1. The Balaban J connectivity index is 3.02. The molecule has 0 atom stereocenters. The largest absolute Gasteiger partial charge is 0.443 e. The second-order valence-electron chi connectivity index (χ2n) is 5.02. The first-order chi connectivity index (χ1) is 8.98. The molecular weight excluding hydrogens is 341 g/mol. The second kappa shape index (κ2) is 5.99. The van der Waals surface area contributed by atoms with Gasteiger partial charge in [-0.15, -0.1) is 0 Å². The molecule has 8 heteroatoms. The minimum atomic E-state index is -4.55. The number of aromatic nitrogens is 1. The van der Waals surface area contributed by atoms with E-state index in [1.165, 1.54) is 18.3 Å². The van der Waals surface area contributed by atoms with Crippen LogP contribution >= 0.6 is 15.9 Å². The lowest BCUT2D eigenvalue weighted by Crippen LogP contribution is -2.42. The maximum atomic E-state index is 12.6. The van der Waals surface area contributed by atoms with Gasteiger partial charge in [0.1, 0.15) is 18.0 Å². The molecular formula is C12H14BrF3N2O2. The van der Waals surface area contributed by atoms with E-state index in [0.717, 1.165) is 0 Å². The lowest BCUT2D eigenvalue weighted by atomic mass is 10.2. The van der Waals surface area contributed by atoms with E-state index < -0.39 is 24.4 Å². The van der Waals surface area contributed by atoms with Crippen LogP contribution in [0.4, 0.5) is 23.8 Å². The first-order valence-corrected chi connectivity index (χ1v) is 6.46. The Morgan fingerprint density at radius 2 is 1.95 bits per heavy atom. The Morgan fingerprint density at radius 3 is 2.35 bits per heavy atom. The zero-order valence-electron chi connectivity index (χ0n) is 11.2. The van der Waals surface area contributed by atoms with Crippen molar-refractivity contribution >= 4 is 27.8 Å². The molecule has 0 N–H and O–H groups in total. The van der Waals surface area contributed by atoms with Crippen LogP contribution < -0.4 is 4.90 Å². The summed E-state index contributed by atoms with van der Waals surface area (Å²) >= 11 is 3.12. The second-order valence-corrected chi connectivity index (χ2v) is 5.93. The fourth-order valence-electron chi connectivity index (χ4n) is 1.26. The predicted molar refractivity (Wildman–Crippen MR) is 71.6 cm³/mol. The fraction of sp³-hybridized carbons (Fsp3) is 0.500. The van der Waals surface area contributed by atoms with Crippen molar-refractivity contribution in [3.05, 3.63) is 22.8 Å². The van der Waals surface area contributed by atoms with Gasteiger partial charge in [-0.1, -0.05) is 0 Å². The summed E-state index contributed by atoms with van der Waals surface area (Å²) in [4.78, 5) is 16.1. The smallest absolute Gasteiger partial charge is 0.416 e. The first-order valence-electron chi connectivity index (χ1n) is 5.67. The molecule has 0 fully saturated rings. The van der Waals surface area contributed by atoms with Gasteiger partial charge in [-0.3, -0.25) is 4.90 Å². The van der Waals surface area contributed by atoms with Gasteiger partial charge in [-0.05, 0) is 48.8 Å². The number of nitrogens with zero attached hydrogens (tertiary/aromatic N) is 2. The number of pyridine rings is 1. The molecule has 0 radical (unpaired) electrons. The summed E-state index contributed by atoms with van der Waals surface area (Å²) in [5, 5.41) is 0. The molecule has 0 saturated heterocycles. The Morgan fingerprint density at radius 1 is 1.35 bits per heavy atom. The van der Waals surface area contributed by atoms with Crippen LogP contribution in [-0.2, 0) is 4.74 Å². The van der Waals surface area contributed by atoms with Gasteiger partial charge < -0.3 is 4.74 Å². The van der Waals surface area contributed by atoms with E-state index in [0.29, 0.717) is 9.37 Å². The first kappa shape index (κ1) is 16.7. The van der Waals surface area contributed by atoms with Crippen LogP contribution in [0.3, 0.4) is 0 Å². The van der Waals surface area contributed by atoms with Crippen molar-refractivity contribution in [2.24, 2.45) is 0 Å². The van der Waals surface area contributed by atoms with E-state index in [9.17, 15) is 18.0 Å². The Kier molecular flexibility index (Phi) is 5.01. The van der Waals surface area contributed by atoms with Crippen LogP contribution in [0.5, 0.6) is 0 Å². The van der Waals surface area contributed by atoms with Gasteiger partial charge in [0.25, 0.3) is 0 Å². The molecule has 0 spiro atoms. The normalized spacial score (nSPS) is 12.2. The van der Waals surface area contributed by atoms with Crippen LogP contribution in [0.15, 0.2) is 22.8 Å². The molecule has 0 aliphatic carbocycles. The van der Waals surface area contributed by atoms with Gasteiger partial charge in [0, 0.05) is 10.7 Å². The maximum absolute atomic E-state index is 12.6. The SMILES string of the molecule is CC(C)(C)OC(=O)N(CC(F)(F)F)c1ccc(Br)cn1. The molecule has 4 nitrogen and oxygen atoms in total. The molecule has 1 amide bonds. The molecule has 0 aliphatic heterocycles. The van der Waals surface area contributed by atoms with E-state index in [-0.39, 0.29) is 5.82 Å². The number of hydrogen-bond donors (Lipinski definition) is 0. The summed E-state index contributed by atoms with van der Waals surface area (Å²) in [7, 11) is 0. The summed E-state index contributed by atoms with van der Waals surface area (Å²) in [5.41, 5.74) is -0.893. The number of ether oxygens (including phenoxy) is 1. The van der Waals surface area contributed by atoms with Crippen LogP contribution in [-0.4, -0.2) is 29.4 Å². The number of anilines is 1. The van der Waals surface area contributed by atoms with Gasteiger partial charge >= 0.3 is 12.3 Å². The van der Waals surface area contributed by atoms with Crippen molar-refractivity contribution in [1.82, 2.24) is 4.98 Å². The Bertz CT molecular complexity index is 469. The summed E-state index contributed by atoms with van der Waals surface area (Å²) in [5.74, 6) is -0.125. The zero-order valence-corrected chi connectivity index (χ0v) is 12.7. The lowest BCUT2D eigenvalue weighted by Gasteiger charge is -2.27. The average Bonchev–Trinajstić information content (AvgIpc) is 2.23. The van der Waals surface area contributed by atoms with Crippen molar-refractivity contribution in [1.29, 1.82) is 0 Å². The molecule has 0 aliphatic rings. The third-order valence-corrected chi connectivity index (χ3v) is 2.41. The lowest BCUT2D eigenvalue weighted by molar-refractivity contribution is -0.119. The number of rotatable bonds is 2. The van der Waals surface area contributed by atoms with Crippen molar-refractivity contribution in [2.45, 2.75) is 32.5 Å². The van der Waals surface area contributed by atoms with E-state index in [1.54, 1.807) is 20.8 Å². The fourth-order valence-corrected chi connectivity index (χ4v) is 1.50. The highest BCUT2D eigenvalue weighted by molar-refractivity contribution is 9.10. The summed E-state index contributed by atoms with van der Waals surface area (Å²) in [6, 6.07) is 2.80. The molecule has 1 heterocycles. The minimum absolute atomic E-state index is 0.125. The maximum Gasteiger partial charge on any atom is 0.416 e. The van der Waals surface area contributed by atoms with Crippen LogP contribution in [0, 0.1) is 0 Å². The third kappa shape index (κ3) is 5.77. The monoisotopic (exact) mass is 354 g/mol. The summed E-state index contributed by atoms with van der Waals surface area (Å²) in [6.07, 6.45) is -4.33. The molecule has 20 heavy (non-hydrogen) atoms. The predicted octanol–water partition coefficient (Wildman–Crippen LogP) is 4.15. The van der Waals surface area contributed by atoms with Gasteiger partial charge in [0.15, 0.2) is 0 Å². The molecule has 1 aromatic rings. The zero-order chi connectivity index (χ0) is 15.6. The summed E-state index contributed by atoms with van der Waals surface area (Å²) in [6.45, 7) is 3.26. The third-order valence-electron chi connectivity index (χ3n) is 1.94. The Hall–Kier alpha value is -1.31. The highest BCUT2D eigenvalue weighted by Gasteiger charge is 2.36. The Labute approximate surface area is 123 Å². The number of alkyl halides is 3. The minimum Gasteiger partial charge on any atom is -0.443 e. The van der Waals surface area contributed by atoms with Gasteiger partial charge in [0.2, 0.25) is 0 Å². The topological polar surface area (TPSA) is 42.4 Å². The molecule has 112 valence electrons. The average molecular weight is 355 g/mol. The molecule has 1 aromatic heterocycles. The van der Waals surface area contributed by atoms with Crippen LogP contribution in [0.1, 0.15) is 20.8 Å². The molecule has 0 unspecified atom stereocenters. The van der Waals surface area contributed by atoms with E-state index in [1.807, 2.05) is 0 Å². The van der Waals surface area contributed by atoms with Crippen LogP contribution in [0.25, 0.3) is 0 Å². The van der Waals surface area contributed by atoms with Crippen molar-refractivity contribution < 1.29 is 22.7 Å². The van der Waals surface area contributed by atoms with Gasteiger partial charge in [0.05, 0.1) is 0 Å². The molecule has 0 bridgehead atoms. The highest BCUT2D eigenvalue weighted by Crippen LogP contribution is 2.23. The van der Waals surface area contributed by atoms with Crippen molar-refractivity contribution in [3.63, 3.8) is 0 Å². The van der Waals surface area contributed by atoms with E-state index in [2.05, 4.69) is 20.9 Å². The van der Waals surface area contributed by atoms with Gasteiger partial charge in [-0.25, -0.2) is 9.78 Å². The number of amides is 1. The van der Waals surface area contributed by atoms with E-state index in [4.69, 9.17) is 4.74 Å². The number of halogens is 4. The molecule has 0 aromatic carbocycles. The van der Waals surface area contributed by atoms with Gasteiger partial charge in [-0.2, -0.15) is 13.2 Å². The summed E-state index contributed by atoms with van der Waals surface area (Å²) < 4.78 is 43.3. The quantitative estimate of drug-likeness (QED) is 0.801.